The summed E-state index contributed by atoms with van der Waals surface area (Å²) in [5, 5.41) is 15.5. The largest absolute Gasteiger partial charge is 0.485 e. The molecular formula is C23H22F3N5O3. The van der Waals surface area contributed by atoms with Crippen LogP contribution in [0.4, 0.5) is 13.2 Å². The van der Waals surface area contributed by atoms with E-state index in [4.69, 9.17) is 4.74 Å². The number of aryl methyl sites for hydroxylation is 2. The Labute approximate surface area is 192 Å². The number of imidazole rings is 1. The second kappa shape index (κ2) is 8.47. The number of fused-ring (bicyclic) bond motifs is 1. The molecule has 0 unspecified atom stereocenters. The van der Waals surface area contributed by atoms with Crippen molar-refractivity contribution in [3.05, 3.63) is 81.2 Å². The molecule has 4 aromatic rings. The maximum Gasteiger partial charge on any atom is 0.236 e. The van der Waals surface area contributed by atoms with Crippen molar-refractivity contribution >= 4 is 5.65 Å². The van der Waals surface area contributed by atoms with Gasteiger partial charge < -0.3 is 4.74 Å². The molecule has 0 radical (unpaired) electrons. The summed E-state index contributed by atoms with van der Waals surface area (Å²) in [7, 11) is 0. The van der Waals surface area contributed by atoms with Crippen molar-refractivity contribution in [1.82, 2.24) is 19.2 Å². The standard InChI is InChI=1S/C23H22F3N5O3/c1-13-7-19(34-11-16-17(24)5-6-18(25)20(16)26)22-28-14(2)21(30(22)9-13)15-8-27-29(10-15)12-23(3,4)31(32)33/h5-10H,11-12H2,1-4H3. The van der Waals surface area contributed by atoms with E-state index in [-0.39, 0.29) is 17.2 Å². The number of rotatable bonds is 7. The Hall–Kier alpha value is -3.89. The maximum absolute atomic E-state index is 14.1. The minimum atomic E-state index is -1.30. The Balaban J connectivity index is 1.71. The van der Waals surface area contributed by atoms with Gasteiger partial charge in [0, 0.05) is 36.7 Å². The molecule has 0 aliphatic heterocycles. The normalized spacial score (nSPS) is 11.9. The summed E-state index contributed by atoms with van der Waals surface area (Å²) in [6, 6.07) is 3.23. The average Bonchev–Trinajstić information content (AvgIpc) is 3.33. The van der Waals surface area contributed by atoms with E-state index in [1.54, 1.807) is 29.8 Å². The van der Waals surface area contributed by atoms with Crippen LogP contribution >= 0.6 is 0 Å². The van der Waals surface area contributed by atoms with Crippen LogP contribution in [-0.2, 0) is 13.2 Å². The highest BCUT2D eigenvalue weighted by Gasteiger charge is 2.32. The van der Waals surface area contributed by atoms with Crippen LogP contribution in [0.3, 0.4) is 0 Å². The van der Waals surface area contributed by atoms with Gasteiger partial charge in [0.15, 0.2) is 23.0 Å². The molecule has 8 nitrogen and oxygen atoms in total. The first kappa shape index (κ1) is 23.3. The lowest BCUT2D eigenvalue weighted by atomic mass is 10.1. The van der Waals surface area contributed by atoms with E-state index in [1.165, 1.54) is 18.5 Å². The number of pyridine rings is 1. The molecule has 0 fully saturated rings. The van der Waals surface area contributed by atoms with E-state index in [2.05, 4.69) is 10.1 Å². The van der Waals surface area contributed by atoms with Gasteiger partial charge in [0.2, 0.25) is 5.54 Å². The molecule has 3 heterocycles. The predicted molar refractivity (Wildman–Crippen MR) is 118 cm³/mol. The van der Waals surface area contributed by atoms with E-state index >= 15 is 0 Å². The summed E-state index contributed by atoms with van der Waals surface area (Å²) in [5.41, 5.74) is 1.47. The quantitative estimate of drug-likeness (QED) is 0.217. The van der Waals surface area contributed by atoms with Gasteiger partial charge in [0.25, 0.3) is 0 Å². The molecule has 0 aliphatic carbocycles. The third kappa shape index (κ3) is 4.20. The van der Waals surface area contributed by atoms with Gasteiger partial charge in [-0.25, -0.2) is 18.2 Å². The lowest BCUT2D eigenvalue weighted by Gasteiger charge is -2.14. The summed E-state index contributed by atoms with van der Waals surface area (Å²) in [5.74, 6) is -3.10. The highest BCUT2D eigenvalue weighted by Crippen LogP contribution is 2.31. The SMILES string of the molecule is Cc1cc(OCc2c(F)ccc(F)c2F)c2nc(C)c(-c3cnn(CC(C)(C)[N+](=O)[O-])c3)n2c1. The molecule has 0 saturated heterocycles. The summed E-state index contributed by atoms with van der Waals surface area (Å²) in [6.45, 7) is 6.19. The van der Waals surface area contributed by atoms with Crippen molar-refractivity contribution < 1.29 is 22.8 Å². The highest BCUT2D eigenvalue weighted by atomic mass is 19.2. The minimum Gasteiger partial charge on any atom is -0.485 e. The fraction of sp³-hybridized carbons (Fsp3) is 0.304. The van der Waals surface area contributed by atoms with E-state index < -0.39 is 35.2 Å². The average molecular weight is 473 g/mol. The molecule has 11 heteroatoms. The predicted octanol–water partition coefficient (Wildman–Crippen LogP) is 4.87. The van der Waals surface area contributed by atoms with Crippen molar-refractivity contribution in [2.24, 2.45) is 0 Å². The molecule has 178 valence electrons. The molecule has 0 amide bonds. The molecule has 0 aliphatic rings. The summed E-state index contributed by atoms with van der Waals surface area (Å²) in [6.07, 6.45) is 5.11. The molecule has 0 atom stereocenters. The first-order chi connectivity index (χ1) is 16.0. The van der Waals surface area contributed by atoms with Gasteiger partial charge in [-0.05, 0) is 37.6 Å². The molecule has 0 bridgehead atoms. The van der Waals surface area contributed by atoms with Crippen LogP contribution in [0.25, 0.3) is 16.9 Å². The van der Waals surface area contributed by atoms with E-state index in [0.29, 0.717) is 22.6 Å². The lowest BCUT2D eigenvalue weighted by molar-refractivity contribution is -0.563. The second-order valence-corrected chi connectivity index (χ2v) is 8.73. The van der Waals surface area contributed by atoms with Gasteiger partial charge in [0.05, 0.1) is 23.1 Å². The third-order valence-electron chi connectivity index (χ3n) is 5.46. The van der Waals surface area contributed by atoms with E-state index in [0.717, 1.165) is 17.7 Å². The van der Waals surface area contributed by atoms with Crippen LogP contribution in [0.5, 0.6) is 5.75 Å². The van der Waals surface area contributed by atoms with Crippen molar-refractivity contribution in [3.63, 3.8) is 0 Å². The fourth-order valence-corrected chi connectivity index (χ4v) is 3.69. The van der Waals surface area contributed by atoms with Gasteiger partial charge in [-0.15, -0.1) is 0 Å². The number of nitrogens with zero attached hydrogens (tertiary/aromatic N) is 5. The van der Waals surface area contributed by atoms with Gasteiger partial charge in [0.1, 0.15) is 19.0 Å². The molecule has 3 aromatic heterocycles. The zero-order valence-electron chi connectivity index (χ0n) is 19.0. The van der Waals surface area contributed by atoms with Gasteiger partial charge in [-0.3, -0.25) is 19.2 Å². The molecule has 34 heavy (non-hydrogen) atoms. The Morgan fingerprint density at radius 1 is 1.15 bits per heavy atom. The van der Waals surface area contributed by atoms with Crippen LogP contribution in [0.1, 0.15) is 30.7 Å². The van der Waals surface area contributed by atoms with E-state index in [1.807, 2.05) is 13.1 Å². The maximum atomic E-state index is 14.1. The van der Waals surface area contributed by atoms with Gasteiger partial charge in [-0.1, -0.05) is 0 Å². The number of aromatic nitrogens is 4. The van der Waals surface area contributed by atoms with E-state index in [9.17, 15) is 23.3 Å². The summed E-state index contributed by atoms with van der Waals surface area (Å²) >= 11 is 0. The first-order valence-corrected chi connectivity index (χ1v) is 10.4. The minimum absolute atomic E-state index is 0.0773. The van der Waals surface area contributed by atoms with Crippen molar-refractivity contribution in [3.8, 4) is 17.0 Å². The highest BCUT2D eigenvalue weighted by molar-refractivity contribution is 5.69. The second-order valence-electron chi connectivity index (χ2n) is 8.73. The molecule has 0 spiro atoms. The van der Waals surface area contributed by atoms with Crippen LogP contribution in [0.2, 0.25) is 0 Å². The summed E-state index contributed by atoms with van der Waals surface area (Å²) in [4.78, 5) is 15.5. The Kier molecular flexibility index (Phi) is 5.80. The van der Waals surface area contributed by atoms with Gasteiger partial charge in [-0.2, -0.15) is 5.10 Å². The zero-order chi connectivity index (χ0) is 24.8. The first-order valence-electron chi connectivity index (χ1n) is 10.4. The summed E-state index contributed by atoms with van der Waals surface area (Å²) < 4.78 is 50.6. The Morgan fingerprint density at radius 3 is 2.56 bits per heavy atom. The van der Waals surface area contributed by atoms with Crippen LogP contribution in [0.15, 0.2) is 36.8 Å². The number of hydrogen-bond acceptors (Lipinski definition) is 5. The molecule has 0 saturated carbocycles. The molecule has 1 aromatic carbocycles. The number of halogens is 3. The third-order valence-corrected chi connectivity index (χ3v) is 5.46. The number of nitro groups is 1. The fourth-order valence-electron chi connectivity index (χ4n) is 3.69. The lowest BCUT2D eigenvalue weighted by Crippen LogP contribution is -2.36. The van der Waals surface area contributed by atoms with Gasteiger partial charge >= 0.3 is 0 Å². The van der Waals surface area contributed by atoms with Crippen molar-refractivity contribution in [1.29, 1.82) is 0 Å². The van der Waals surface area contributed by atoms with Crippen LogP contribution in [-0.4, -0.2) is 29.6 Å². The monoisotopic (exact) mass is 473 g/mol. The zero-order valence-corrected chi connectivity index (χ0v) is 19.0. The van der Waals surface area contributed by atoms with Crippen LogP contribution < -0.4 is 4.74 Å². The topological polar surface area (TPSA) is 87.5 Å². The molecule has 4 rings (SSSR count). The number of hydrogen-bond donors (Lipinski definition) is 0. The van der Waals surface area contributed by atoms with Crippen molar-refractivity contribution in [2.75, 3.05) is 0 Å². The Morgan fingerprint density at radius 2 is 1.85 bits per heavy atom. The number of ether oxygens (including phenoxy) is 1. The Bertz CT molecular complexity index is 1410. The smallest absolute Gasteiger partial charge is 0.236 e. The van der Waals surface area contributed by atoms with Crippen LogP contribution in [0, 0.1) is 41.4 Å². The van der Waals surface area contributed by atoms with Crippen molar-refractivity contribution in [2.45, 2.75) is 46.4 Å². The molecule has 0 N–H and O–H groups in total. The molecular weight excluding hydrogens is 451 g/mol. The number of benzene rings is 1.